The molecule has 0 amide bonds. The molecular weight excluding hydrogens is 302 g/mol. The van der Waals surface area contributed by atoms with Crippen LogP contribution in [0.1, 0.15) is 24.5 Å². The number of hydrogen-bond acceptors (Lipinski definition) is 1. The Labute approximate surface area is 140 Å². The Bertz CT molecular complexity index is 944. The van der Waals surface area contributed by atoms with Crippen LogP contribution in [0.5, 0.6) is 0 Å². The number of halogens is 1. The molecule has 0 atom stereocenters. The summed E-state index contributed by atoms with van der Waals surface area (Å²) in [6.07, 6.45) is 5.11. The quantitative estimate of drug-likeness (QED) is 0.552. The van der Waals surface area contributed by atoms with Crippen molar-refractivity contribution >= 4 is 33.7 Å². The smallest absolute Gasteiger partial charge is 0.0777 e. The van der Waals surface area contributed by atoms with E-state index in [1.54, 1.807) is 0 Å². The summed E-state index contributed by atoms with van der Waals surface area (Å²) >= 11 is 6.00. The molecule has 0 radical (unpaired) electrons. The van der Waals surface area contributed by atoms with Gasteiger partial charge in [0.1, 0.15) is 0 Å². The standard InChI is InChI=1S/C21H16ClN/c1-14-18(15-7-9-17(22)10-8-15)11-12-19(14)20-6-2-4-16-5-3-13-23-21(16)20/h2-11,13H,12H2,1H3. The second-order valence-electron chi connectivity index (χ2n) is 5.81. The lowest BCUT2D eigenvalue weighted by Crippen LogP contribution is -1.90. The van der Waals surface area contributed by atoms with Gasteiger partial charge in [-0.05, 0) is 53.8 Å². The van der Waals surface area contributed by atoms with Crippen molar-refractivity contribution in [1.82, 2.24) is 4.98 Å². The zero-order valence-electron chi connectivity index (χ0n) is 12.9. The van der Waals surface area contributed by atoms with Gasteiger partial charge < -0.3 is 0 Å². The van der Waals surface area contributed by atoms with Crippen LogP contribution in [0.25, 0.3) is 22.0 Å². The fourth-order valence-electron chi connectivity index (χ4n) is 3.30. The third-order valence-electron chi connectivity index (χ3n) is 4.48. The van der Waals surface area contributed by atoms with E-state index in [0.29, 0.717) is 0 Å². The number of hydrogen-bond donors (Lipinski definition) is 0. The molecule has 112 valence electrons. The van der Waals surface area contributed by atoms with Gasteiger partial charge in [-0.15, -0.1) is 0 Å². The first-order valence-corrected chi connectivity index (χ1v) is 8.12. The van der Waals surface area contributed by atoms with E-state index >= 15 is 0 Å². The van der Waals surface area contributed by atoms with E-state index in [1.807, 2.05) is 24.4 Å². The molecule has 2 heteroatoms. The van der Waals surface area contributed by atoms with Crippen molar-refractivity contribution in [2.24, 2.45) is 0 Å². The summed E-state index contributed by atoms with van der Waals surface area (Å²) in [5.74, 6) is 0. The van der Waals surface area contributed by atoms with Crippen molar-refractivity contribution in [3.05, 3.63) is 88.6 Å². The van der Waals surface area contributed by atoms with Crippen LogP contribution >= 0.6 is 11.6 Å². The first-order valence-electron chi connectivity index (χ1n) is 7.74. The molecular formula is C21H16ClN. The second kappa shape index (κ2) is 5.68. The van der Waals surface area contributed by atoms with Crippen molar-refractivity contribution in [2.45, 2.75) is 13.3 Å². The molecule has 1 aromatic heterocycles. The van der Waals surface area contributed by atoms with Crippen LogP contribution in [0.4, 0.5) is 0 Å². The van der Waals surface area contributed by atoms with Gasteiger partial charge in [0, 0.05) is 22.2 Å². The van der Waals surface area contributed by atoms with Gasteiger partial charge in [-0.3, -0.25) is 4.98 Å². The lowest BCUT2D eigenvalue weighted by atomic mass is 9.95. The fraction of sp³-hybridized carbons (Fsp3) is 0.0952. The molecule has 23 heavy (non-hydrogen) atoms. The van der Waals surface area contributed by atoms with Gasteiger partial charge in [0.05, 0.1) is 5.52 Å². The Morgan fingerprint density at radius 1 is 0.957 bits per heavy atom. The van der Waals surface area contributed by atoms with E-state index in [1.165, 1.54) is 33.2 Å². The van der Waals surface area contributed by atoms with Gasteiger partial charge in [0.25, 0.3) is 0 Å². The first-order chi connectivity index (χ1) is 11.2. The highest BCUT2D eigenvalue weighted by molar-refractivity contribution is 6.30. The SMILES string of the molecule is CC1=C(c2cccc3cccnc23)CC=C1c1ccc(Cl)cc1. The summed E-state index contributed by atoms with van der Waals surface area (Å²) in [6, 6.07) is 18.6. The minimum atomic E-state index is 0.771. The maximum absolute atomic E-state index is 6.00. The predicted molar refractivity (Wildman–Crippen MR) is 98.4 cm³/mol. The van der Waals surface area contributed by atoms with E-state index in [2.05, 4.69) is 54.4 Å². The monoisotopic (exact) mass is 317 g/mol. The average molecular weight is 318 g/mol. The number of pyridine rings is 1. The van der Waals surface area contributed by atoms with Crippen molar-refractivity contribution in [3.8, 4) is 0 Å². The lowest BCUT2D eigenvalue weighted by Gasteiger charge is -2.10. The zero-order chi connectivity index (χ0) is 15.8. The van der Waals surface area contributed by atoms with Crippen molar-refractivity contribution in [1.29, 1.82) is 0 Å². The van der Waals surface area contributed by atoms with Crippen molar-refractivity contribution in [2.75, 3.05) is 0 Å². The van der Waals surface area contributed by atoms with Crippen LogP contribution in [0.3, 0.4) is 0 Å². The summed E-state index contributed by atoms with van der Waals surface area (Å²) in [6.45, 7) is 2.20. The maximum Gasteiger partial charge on any atom is 0.0777 e. The molecule has 4 rings (SSSR count). The van der Waals surface area contributed by atoms with Gasteiger partial charge in [-0.1, -0.05) is 54.1 Å². The molecule has 0 spiro atoms. The third-order valence-corrected chi connectivity index (χ3v) is 4.73. The molecule has 1 nitrogen and oxygen atoms in total. The van der Waals surface area contributed by atoms with Crippen LogP contribution in [-0.4, -0.2) is 4.98 Å². The molecule has 0 N–H and O–H groups in total. The lowest BCUT2D eigenvalue weighted by molar-refractivity contribution is 1.36. The second-order valence-corrected chi connectivity index (χ2v) is 6.25. The van der Waals surface area contributed by atoms with Gasteiger partial charge in [0.2, 0.25) is 0 Å². The first kappa shape index (κ1) is 14.2. The molecule has 1 heterocycles. The molecule has 0 unspecified atom stereocenters. The largest absolute Gasteiger partial charge is 0.256 e. The highest BCUT2D eigenvalue weighted by Crippen LogP contribution is 2.40. The fourth-order valence-corrected chi connectivity index (χ4v) is 3.42. The maximum atomic E-state index is 6.00. The molecule has 0 bridgehead atoms. The normalized spacial score (nSPS) is 14.4. The Morgan fingerprint density at radius 2 is 1.74 bits per heavy atom. The number of benzene rings is 2. The number of allylic oxidation sites excluding steroid dienone is 4. The number of fused-ring (bicyclic) bond motifs is 1. The Hall–Kier alpha value is -2.38. The Morgan fingerprint density at radius 3 is 2.57 bits per heavy atom. The predicted octanol–water partition coefficient (Wildman–Crippen LogP) is 6.15. The van der Waals surface area contributed by atoms with Crippen molar-refractivity contribution in [3.63, 3.8) is 0 Å². The molecule has 2 aromatic carbocycles. The highest BCUT2D eigenvalue weighted by atomic mass is 35.5. The molecule has 0 saturated heterocycles. The highest BCUT2D eigenvalue weighted by Gasteiger charge is 2.18. The number of rotatable bonds is 2. The van der Waals surface area contributed by atoms with Gasteiger partial charge >= 0.3 is 0 Å². The van der Waals surface area contributed by atoms with Crippen molar-refractivity contribution < 1.29 is 0 Å². The zero-order valence-corrected chi connectivity index (χ0v) is 13.6. The van der Waals surface area contributed by atoms with Crippen LogP contribution < -0.4 is 0 Å². The summed E-state index contributed by atoms with van der Waals surface area (Å²) in [7, 11) is 0. The van der Waals surface area contributed by atoms with Crippen LogP contribution in [-0.2, 0) is 0 Å². The van der Waals surface area contributed by atoms with E-state index in [9.17, 15) is 0 Å². The minimum Gasteiger partial charge on any atom is -0.256 e. The molecule has 0 aliphatic heterocycles. The van der Waals surface area contributed by atoms with E-state index in [-0.39, 0.29) is 0 Å². The number of nitrogens with zero attached hydrogens (tertiary/aromatic N) is 1. The van der Waals surface area contributed by atoms with E-state index < -0.39 is 0 Å². The summed E-state index contributed by atoms with van der Waals surface area (Å²) in [4.78, 5) is 4.59. The molecule has 0 fully saturated rings. The third kappa shape index (κ3) is 2.47. The number of para-hydroxylation sites is 1. The van der Waals surface area contributed by atoms with E-state index in [0.717, 1.165) is 17.0 Å². The molecule has 1 aliphatic rings. The van der Waals surface area contributed by atoms with Crippen LogP contribution in [0.2, 0.25) is 5.02 Å². The minimum absolute atomic E-state index is 0.771. The van der Waals surface area contributed by atoms with Gasteiger partial charge in [-0.25, -0.2) is 0 Å². The van der Waals surface area contributed by atoms with E-state index in [4.69, 9.17) is 11.6 Å². The summed E-state index contributed by atoms with van der Waals surface area (Å²) < 4.78 is 0. The summed E-state index contributed by atoms with van der Waals surface area (Å²) in [5.41, 5.74) is 7.51. The Kier molecular flexibility index (Phi) is 3.51. The summed E-state index contributed by atoms with van der Waals surface area (Å²) in [5, 5.41) is 1.96. The molecule has 1 aliphatic carbocycles. The number of aromatic nitrogens is 1. The van der Waals surface area contributed by atoms with Crippen LogP contribution in [0.15, 0.2) is 72.4 Å². The van der Waals surface area contributed by atoms with Gasteiger partial charge in [0.15, 0.2) is 0 Å². The average Bonchev–Trinajstić information content (AvgIpc) is 2.96. The van der Waals surface area contributed by atoms with Crippen LogP contribution in [0, 0.1) is 0 Å². The topological polar surface area (TPSA) is 12.9 Å². The molecule has 0 saturated carbocycles. The van der Waals surface area contributed by atoms with Gasteiger partial charge in [-0.2, -0.15) is 0 Å². The molecule has 3 aromatic rings. The Balaban J connectivity index is 1.82.